The van der Waals surface area contributed by atoms with Crippen LogP contribution in [0.25, 0.3) is 0 Å². The van der Waals surface area contributed by atoms with Crippen LogP contribution in [0.15, 0.2) is 48.5 Å². The van der Waals surface area contributed by atoms with Crippen LogP contribution in [0.1, 0.15) is 29.9 Å². The largest absolute Gasteiger partial charge is 0.479 e. The zero-order valence-corrected chi connectivity index (χ0v) is 11.9. The van der Waals surface area contributed by atoms with Gasteiger partial charge in [-0.3, -0.25) is 0 Å². The predicted molar refractivity (Wildman–Crippen MR) is 83.3 cm³/mol. The van der Waals surface area contributed by atoms with Crippen LogP contribution in [-0.2, 0) is 6.54 Å². The second-order valence-electron chi connectivity index (χ2n) is 5.34. The Morgan fingerprint density at radius 1 is 1.05 bits per heavy atom. The molecule has 0 unspecified atom stereocenters. The van der Waals surface area contributed by atoms with Gasteiger partial charge in [0.05, 0.1) is 0 Å². The maximum atomic E-state index is 8.46. The van der Waals surface area contributed by atoms with Crippen molar-refractivity contribution in [2.24, 2.45) is 0 Å². The minimum absolute atomic E-state index is 0.0835. The number of ether oxygens (including phenoxy) is 1. The summed E-state index contributed by atoms with van der Waals surface area (Å²) in [5.41, 5.74) is 3.80. The molecule has 3 nitrogen and oxygen atoms in total. The minimum atomic E-state index is 0.0835. The fraction of sp³-hybridized carbons (Fsp3) is 0.278. The summed E-state index contributed by atoms with van der Waals surface area (Å²) in [4.78, 5) is 0. The number of hydrogen-bond donors (Lipinski definition) is 1. The number of nitrogens with zero attached hydrogens (tertiary/aromatic N) is 1. The maximum absolute atomic E-state index is 8.46. The molecule has 0 bridgehead atoms. The molecule has 3 heteroatoms. The van der Waals surface area contributed by atoms with E-state index in [1.165, 1.54) is 24.0 Å². The molecule has 0 radical (unpaired) electrons. The van der Waals surface area contributed by atoms with Gasteiger partial charge in [-0.15, -0.1) is 0 Å². The van der Waals surface area contributed by atoms with Crippen LogP contribution >= 0.6 is 0 Å². The van der Waals surface area contributed by atoms with Crippen molar-refractivity contribution < 1.29 is 4.74 Å². The van der Waals surface area contributed by atoms with Gasteiger partial charge < -0.3 is 10.1 Å². The van der Waals surface area contributed by atoms with Gasteiger partial charge in [0.15, 0.2) is 6.61 Å². The Kier molecular flexibility index (Phi) is 4.07. The van der Waals surface area contributed by atoms with E-state index in [9.17, 15) is 0 Å². The Balaban J connectivity index is 1.53. The second kappa shape index (κ2) is 6.32. The van der Waals surface area contributed by atoms with Gasteiger partial charge >= 0.3 is 0 Å². The van der Waals surface area contributed by atoms with Crippen molar-refractivity contribution in [1.82, 2.24) is 0 Å². The average molecular weight is 278 g/mol. The molecule has 21 heavy (non-hydrogen) atoms. The lowest BCUT2D eigenvalue weighted by atomic mass is 10.1. The summed E-state index contributed by atoms with van der Waals surface area (Å²) < 4.78 is 5.23. The second-order valence-corrected chi connectivity index (χ2v) is 5.34. The third-order valence-corrected chi connectivity index (χ3v) is 3.68. The van der Waals surface area contributed by atoms with Gasteiger partial charge in [0.1, 0.15) is 11.8 Å². The molecule has 0 heterocycles. The van der Waals surface area contributed by atoms with E-state index in [1.54, 1.807) is 0 Å². The van der Waals surface area contributed by atoms with Crippen molar-refractivity contribution >= 4 is 5.69 Å². The smallest absolute Gasteiger partial charge is 0.174 e. The van der Waals surface area contributed by atoms with E-state index in [4.69, 9.17) is 10.00 Å². The van der Waals surface area contributed by atoms with Crippen molar-refractivity contribution in [3.8, 4) is 11.8 Å². The van der Waals surface area contributed by atoms with Gasteiger partial charge in [0, 0.05) is 12.2 Å². The van der Waals surface area contributed by atoms with Crippen molar-refractivity contribution in [1.29, 1.82) is 5.26 Å². The van der Waals surface area contributed by atoms with E-state index < -0.39 is 0 Å². The third kappa shape index (κ3) is 3.76. The summed E-state index contributed by atoms with van der Waals surface area (Å²) in [6.45, 7) is 0.892. The maximum Gasteiger partial charge on any atom is 0.174 e. The molecule has 0 aromatic heterocycles. The Labute approximate surface area is 125 Å². The first kappa shape index (κ1) is 13.5. The first-order chi connectivity index (χ1) is 10.3. The molecule has 2 aromatic rings. The molecule has 0 atom stereocenters. The summed E-state index contributed by atoms with van der Waals surface area (Å²) in [6, 6.07) is 18.5. The molecular weight excluding hydrogens is 260 g/mol. The Bertz CT molecular complexity index is 622. The molecule has 0 amide bonds. The first-order valence-corrected chi connectivity index (χ1v) is 7.27. The average Bonchev–Trinajstić information content (AvgIpc) is 3.37. The van der Waals surface area contributed by atoms with Gasteiger partial charge in [-0.05, 0) is 54.2 Å². The number of benzene rings is 2. The van der Waals surface area contributed by atoms with Crippen molar-refractivity contribution in [2.75, 3.05) is 11.9 Å². The Hall–Kier alpha value is -2.47. The first-order valence-electron chi connectivity index (χ1n) is 7.27. The lowest BCUT2D eigenvalue weighted by molar-refractivity contribution is 0.368. The predicted octanol–water partition coefficient (Wildman–Crippen LogP) is 4.08. The summed E-state index contributed by atoms with van der Waals surface area (Å²) in [7, 11) is 0. The van der Waals surface area contributed by atoms with Crippen LogP contribution in [0.3, 0.4) is 0 Å². The highest BCUT2D eigenvalue weighted by atomic mass is 16.5. The quantitative estimate of drug-likeness (QED) is 0.866. The summed E-state index contributed by atoms with van der Waals surface area (Å²) in [6.07, 6.45) is 2.69. The zero-order valence-electron chi connectivity index (χ0n) is 11.9. The van der Waals surface area contributed by atoms with E-state index in [1.807, 2.05) is 30.3 Å². The molecule has 1 fully saturated rings. The Morgan fingerprint density at radius 2 is 1.76 bits per heavy atom. The molecule has 1 N–H and O–H groups in total. The minimum Gasteiger partial charge on any atom is -0.479 e. The van der Waals surface area contributed by atoms with E-state index in [0.717, 1.165) is 23.9 Å². The van der Waals surface area contributed by atoms with Crippen molar-refractivity contribution in [3.63, 3.8) is 0 Å². The van der Waals surface area contributed by atoms with Crippen LogP contribution in [0, 0.1) is 11.3 Å². The number of nitrogens with one attached hydrogen (secondary N) is 1. The van der Waals surface area contributed by atoms with Crippen LogP contribution in [0.4, 0.5) is 5.69 Å². The lowest BCUT2D eigenvalue weighted by Crippen LogP contribution is -1.99. The molecule has 0 spiro atoms. The van der Waals surface area contributed by atoms with Crippen LogP contribution in [-0.4, -0.2) is 6.61 Å². The molecule has 2 aromatic carbocycles. The van der Waals surface area contributed by atoms with Gasteiger partial charge in [-0.25, -0.2) is 0 Å². The number of nitriles is 1. The SMILES string of the molecule is N#CCOc1ccc(NCc2ccc(C3CC3)cc2)cc1. The topological polar surface area (TPSA) is 45.0 Å². The van der Waals surface area contributed by atoms with Crippen LogP contribution in [0.5, 0.6) is 5.75 Å². The highest BCUT2D eigenvalue weighted by molar-refractivity contribution is 5.47. The normalized spacial score (nSPS) is 13.5. The molecule has 1 saturated carbocycles. The fourth-order valence-electron chi connectivity index (χ4n) is 2.31. The summed E-state index contributed by atoms with van der Waals surface area (Å²) >= 11 is 0. The zero-order chi connectivity index (χ0) is 14.5. The molecular formula is C18H18N2O. The van der Waals surface area contributed by atoms with Gasteiger partial charge in [-0.2, -0.15) is 5.26 Å². The van der Waals surface area contributed by atoms with Gasteiger partial charge in [0.25, 0.3) is 0 Å². The third-order valence-electron chi connectivity index (χ3n) is 3.68. The standard InChI is InChI=1S/C18H18N2O/c19-11-12-21-18-9-7-17(8-10-18)20-13-14-1-3-15(4-2-14)16-5-6-16/h1-4,7-10,16,20H,5-6,12-13H2. The van der Waals surface area contributed by atoms with Gasteiger partial charge in [-0.1, -0.05) is 24.3 Å². The van der Waals surface area contributed by atoms with Crippen molar-refractivity contribution in [3.05, 3.63) is 59.7 Å². The highest BCUT2D eigenvalue weighted by Gasteiger charge is 2.22. The molecule has 0 aliphatic heterocycles. The van der Waals surface area contributed by atoms with E-state index in [0.29, 0.717) is 0 Å². The molecule has 0 saturated heterocycles. The molecule has 1 aliphatic rings. The van der Waals surface area contributed by atoms with E-state index in [-0.39, 0.29) is 6.61 Å². The highest BCUT2D eigenvalue weighted by Crippen LogP contribution is 2.39. The summed E-state index contributed by atoms with van der Waals surface area (Å²) in [5, 5.41) is 11.9. The van der Waals surface area contributed by atoms with Gasteiger partial charge in [0.2, 0.25) is 0 Å². The monoisotopic (exact) mass is 278 g/mol. The number of hydrogen-bond acceptors (Lipinski definition) is 3. The van der Waals surface area contributed by atoms with Crippen LogP contribution < -0.4 is 10.1 Å². The number of anilines is 1. The molecule has 106 valence electrons. The van der Waals surface area contributed by atoms with Crippen LogP contribution in [0.2, 0.25) is 0 Å². The Morgan fingerprint density at radius 3 is 2.38 bits per heavy atom. The van der Waals surface area contributed by atoms with Crippen molar-refractivity contribution in [2.45, 2.75) is 25.3 Å². The molecule has 1 aliphatic carbocycles. The lowest BCUT2D eigenvalue weighted by Gasteiger charge is -2.08. The molecule has 3 rings (SSSR count). The van der Waals surface area contributed by atoms with E-state index in [2.05, 4.69) is 29.6 Å². The number of rotatable bonds is 6. The summed E-state index contributed by atoms with van der Waals surface area (Å²) in [5.74, 6) is 1.53. The van der Waals surface area contributed by atoms with E-state index >= 15 is 0 Å². The fourth-order valence-corrected chi connectivity index (χ4v) is 2.31.